The Hall–Kier alpha value is -2.52. The zero-order chi connectivity index (χ0) is 20.0. The van der Waals surface area contributed by atoms with Gasteiger partial charge in [-0.3, -0.25) is 0 Å². The summed E-state index contributed by atoms with van der Waals surface area (Å²) in [5.41, 5.74) is 3.34. The van der Waals surface area contributed by atoms with E-state index in [1.807, 2.05) is 43.3 Å². The molecule has 142 valence electrons. The minimum absolute atomic E-state index is 0.147. The Morgan fingerprint density at radius 1 is 1.11 bits per heavy atom. The summed E-state index contributed by atoms with van der Waals surface area (Å²) in [5.74, 6) is 0.192. The van der Waals surface area contributed by atoms with E-state index in [2.05, 4.69) is 50.6 Å². The van der Waals surface area contributed by atoms with Crippen LogP contribution in [0, 0.1) is 11.7 Å². The molecule has 0 fully saturated rings. The smallest absolute Gasteiger partial charge is 0.138 e. The Morgan fingerprint density at radius 2 is 1.86 bits per heavy atom. The van der Waals surface area contributed by atoms with Gasteiger partial charge in [-0.1, -0.05) is 62.5 Å². The summed E-state index contributed by atoms with van der Waals surface area (Å²) < 4.78 is 15.3. The number of fused-ring (bicyclic) bond motifs is 4. The highest BCUT2D eigenvalue weighted by molar-refractivity contribution is 8.03. The molecule has 0 saturated heterocycles. The van der Waals surface area contributed by atoms with Gasteiger partial charge in [0.1, 0.15) is 5.82 Å². The first-order valence-electron chi connectivity index (χ1n) is 9.55. The van der Waals surface area contributed by atoms with Crippen LogP contribution in [0.5, 0.6) is 0 Å². The van der Waals surface area contributed by atoms with Gasteiger partial charge in [0.2, 0.25) is 0 Å². The molecule has 28 heavy (non-hydrogen) atoms. The minimum atomic E-state index is -0.147. The predicted molar refractivity (Wildman–Crippen MR) is 121 cm³/mol. The molecule has 0 unspecified atom stereocenters. The number of anilines is 1. The van der Waals surface area contributed by atoms with Gasteiger partial charge in [-0.15, -0.1) is 0 Å². The molecular weight excluding hydrogens is 365 g/mol. The summed E-state index contributed by atoms with van der Waals surface area (Å²) in [6, 6.07) is 13.7. The number of benzene rings is 3. The highest BCUT2D eigenvalue weighted by Crippen LogP contribution is 2.50. The van der Waals surface area contributed by atoms with Crippen LogP contribution in [0.3, 0.4) is 0 Å². The first-order valence-corrected chi connectivity index (χ1v) is 10.4. The molecule has 0 amide bonds. The fourth-order valence-electron chi connectivity index (χ4n) is 3.69. The molecule has 3 aromatic rings. The summed E-state index contributed by atoms with van der Waals surface area (Å²) >= 11 is 1.71. The standard InChI is InChI=1S/C25H24FNS/c1-6-9-21-24(16(4)15(2)3)28-25-20-14-17-10-7-8-11-18(17)23(26)19(20)12-13-22(25)27(21)5/h6-15H,4H2,1-3,5H3/b9-6-. The van der Waals surface area contributed by atoms with E-state index in [4.69, 9.17) is 0 Å². The molecule has 0 aliphatic carbocycles. The van der Waals surface area contributed by atoms with Crippen molar-refractivity contribution in [3.63, 3.8) is 0 Å². The van der Waals surface area contributed by atoms with Gasteiger partial charge in [-0.2, -0.15) is 0 Å². The van der Waals surface area contributed by atoms with Crippen LogP contribution in [-0.2, 0) is 0 Å². The van der Waals surface area contributed by atoms with E-state index < -0.39 is 0 Å². The van der Waals surface area contributed by atoms with Crippen LogP contribution < -0.4 is 4.90 Å². The number of nitrogens with zero attached hydrogens (tertiary/aromatic N) is 1. The molecule has 4 rings (SSSR count). The summed E-state index contributed by atoms with van der Waals surface area (Å²) in [6.07, 6.45) is 4.18. The molecule has 0 spiro atoms. The monoisotopic (exact) mass is 389 g/mol. The lowest BCUT2D eigenvalue weighted by Crippen LogP contribution is -2.21. The first kappa shape index (κ1) is 18.8. The maximum Gasteiger partial charge on any atom is 0.138 e. The van der Waals surface area contributed by atoms with Gasteiger partial charge in [0.05, 0.1) is 11.4 Å². The number of allylic oxidation sites excluding steroid dienone is 3. The number of thioether (sulfide) groups is 1. The number of hydrogen-bond donors (Lipinski definition) is 0. The van der Waals surface area contributed by atoms with Crippen molar-refractivity contribution >= 4 is 39.0 Å². The number of rotatable bonds is 3. The van der Waals surface area contributed by atoms with Gasteiger partial charge in [-0.25, -0.2) is 4.39 Å². The fraction of sp³-hybridized carbons (Fsp3) is 0.200. The Morgan fingerprint density at radius 3 is 2.57 bits per heavy atom. The van der Waals surface area contributed by atoms with Crippen molar-refractivity contribution in [3.05, 3.63) is 83.2 Å². The van der Waals surface area contributed by atoms with Gasteiger partial charge in [-0.05, 0) is 48.1 Å². The molecule has 0 N–H and O–H groups in total. The topological polar surface area (TPSA) is 3.24 Å². The van der Waals surface area contributed by atoms with E-state index in [1.165, 1.54) is 0 Å². The van der Waals surface area contributed by atoms with Crippen LogP contribution in [0.2, 0.25) is 0 Å². The number of halogens is 1. The molecule has 1 aliphatic rings. The molecule has 1 heterocycles. The molecule has 0 atom stereocenters. The lowest BCUT2D eigenvalue weighted by Gasteiger charge is -2.33. The van der Waals surface area contributed by atoms with E-state index in [0.717, 1.165) is 37.5 Å². The van der Waals surface area contributed by atoms with Crippen LogP contribution in [0.4, 0.5) is 10.1 Å². The molecular formula is C25H24FNS. The Labute approximate surface area is 170 Å². The second-order valence-corrected chi connectivity index (χ2v) is 8.50. The van der Waals surface area contributed by atoms with Gasteiger partial charge in [0.25, 0.3) is 0 Å². The SMILES string of the molecule is C=C(C1=C(/C=C\C)N(C)c2ccc3c(F)c4ccccc4cc3c2S1)C(C)C. The Bertz CT molecular complexity index is 1170. The second-order valence-electron chi connectivity index (χ2n) is 7.48. The molecule has 0 aromatic heterocycles. The van der Waals surface area contributed by atoms with E-state index in [9.17, 15) is 0 Å². The normalized spacial score (nSPS) is 14.6. The molecule has 3 heteroatoms. The number of likely N-dealkylation sites (N-methyl/N-ethyl adjacent to an activating group) is 1. The van der Waals surface area contributed by atoms with E-state index in [0.29, 0.717) is 16.7 Å². The minimum Gasteiger partial charge on any atom is -0.343 e. The van der Waals surface area contributed by atoms with Gasteiger partial charge in [0, 0.05) is 33.0 Å². The van der Waals surface area contributed by atoms with Crippen molar-refractivity contribution in [3.8, 4) is 0 Å². The van der Waals surface area contributed by atoms with Crippen LogP contribution >= 0.6 is 11.8 Å². The lowest BCUT2D eigenvalue weighted by molar-refractivity contribution is 0.651. The van der Waals surface area contributed by atoms with E-state index in [-0.39, 0.29) is 5.82 Å². The highest BCUT2D eigenvalue weighted by atomic mass is 32.2. The van der Waals surface area contributed by atoms with Crippen LogP contribution in [0.1, 0.15) is 20.8 Å². The van der Waals surface area contributed by atoms with E-state index >= 15 is 4.39 Å². The third-order valence-electron chi connectivity index (χ3n) is 5.38. The van der Waals surface area contributed by atoms with E-state index in [1.54, 1.807) is 11.8 Å². The molecule has 0 saturated carbocycles. The summed E-state index contributed by atoms with van der Waals surface area (Å²) in [5, 5.41) is 3.22. The van der Waals surface area contributed by atoms with Gasteiger partial charge in [0.15, 0.2) is 0 Å². The molecule has 0 radical (unpaired) electrons. The van der Waals surface area contributed by atoms with Crippen molar-refractivity contribution in [2.75, 3.05) is 11.9 Å². The maximum absolute atomic E-state index is 15.3. The molecule has 1 nitrogen and oxygen atoms in total. The maximum atomic E-state index is 15.3. The zero-order valence-electron chi connectivity index (χ0n) is 16.7. The quantitative estimate of drug-likeness (QED) is 0.423. The van der Waals surface area contributed by atoms with Crippen molar-refractivity contribution in [2.45, 2.75) is 25.7 Å². The summed E-state index contributed by atoms with van der Waals surface area (Å²) in [7, 11) is 2.07. The molecule has 0 bridgehead atoms. The fourth-order valence-corrected chi connectivity index (χ4v) is 5.16. The van der Waals surface area contributed by atoms with Gasteiger partial charge < -0.3 is 4.90 Å². The predicted octanol–water partition coefficient (Wildman–Crippen LogP) is 7.67. The third kappa shape index (κ3) is 2.85. The van der Waals surface area contributed by atoms with Crippen molar-refractivity contribution in [1.29, 1.82) is 0 Å². The Balaban J connectivity index is 2.02. The summed E-state index contributed by atoms with van der Waals surface area (Å²) in [4.78, 5) is 4.44. The average molecular weight is 390 g/mol. The van der Waals surface area contributed by atoms with Crippen molar-refractivity contribution < 1.29 is 4.39 Å². The molecule has 1 aliphatic heterocycles. The third-order valence-corrected chi connectivity index (χ3v) is 6.69. The lowest BCUT2D eigenvalue weighted by atomic mass is 10.0. The van der Waals surface area contributed by atoms with Crippen LogP contribution in [-0.4, -0.2) is 7.05 Å². The zero-order valence-corrected chi connectivity index (χ0v) is 17.5. The van der Waals surface area contributed by atoms with Gasteiger partial charge >= 0.3 is 0 Å². The van der Waals surface area contributed by atoms with Crippen LogP contribution in [0.15, 0.2) is 82.3 Å². The largest absolute Gasteiger partial charge is 0.343 e. The second kappa shape index (κ2) is 7.14. The number of hydrogen-bond acceptors (Lipinski definition) is 2. The average Bonchev–Trinajstić information content (AvgIpc) is 2.69. The Kier molecular flexibility index (Phi) is 4.80. The molecule has 3 aromatic carbocycles. The van der Waals surface area contributed by atoms with Crippen molar-refractivity contribution in [1.82, 2.24) is 0 Å². The highest BCUT2D eigenvalue weighted by Gasteiger charge is 2.27. The van der Waals surface area contributed by atoms with Crippen molar-refractivity contribution in [2.24, 2.45) is 5.92 Å². The van der Waals surface area contributed by atoms with Crippen LogP contribution in [0.25, 0.3) is 21.5 Å². The summed E-state index contributed by atoms with van der Waals surface area (Å²) in [6.45, 7) is 10.7. The first-order chi connectivity index (χ1) is 13.4.